The van der Waals surface area contributed by atoms with E-state index in [1.54, 1.807) is 12.7 Å². The van der Waals surface area contributed by atoms with E-state index in [1.165, 1.54) is 0 Å². The van der Waals surface area contributed by atoms with E-state index in [1.807, 2.05) is 48.5 Å². The zero-order chi connectivity index (χ0) is 12.2. The second kappa shape index (κ2) is 6.25. The molecule has 0 aliphatic carbocycles. The molecule has 0 saturated heterocycles. The van der Waals surface area contributed by atoms with Crippen LogP contribution in [0.1, 0.15) is 0 Å². The molecule has 4 rings (SSSR count). The Labute approximate surface area is 123 Å². The van der Waals surface area contributed by atoms with Crippen molar-refractivity contribution in [1.29, 1.82) is 0 Å². The Kier molecular flexibility index (Phi) is 4.42. The molecule has 0 bridgehead atoms. The fraction of sp³-hybridized carbons (Fsp3) is 0. The summed E-state index contributed by atoms with van der Waals surface area (Å²) in [5.41, 5.74) is 3.88. The van der Waals surface area contributed by atoms with Gasteiger partial charge in [0.05, 0.1) is 0 Å². The van der Waals surface area contributed by atoms with Gasteiger partial charge in [-0.15, -0.1) is 0 Å². The fourth-order valence-electron chi connectivity index (χ4n) is 1.67. The average molecular weight is 300 g/mol. The summed E-state index contributed by atoms with van der Waals surface area (Å²) < 4.78 is 0. The summed E-state index contributed by atoms with van der Waals surface area (Å²) in [6.07, 6.45) is 3.15. The third-order valence-corrected chi connectivity index (χ3v) is 2.55. The Morgan fingerprint density at radius 1 is 0.632 bits per heavy atom. The molecule has 0 N–H and O–H groups in total. The SMILES string of the molecule is [Zn+2].c1ccc2[n-]cnc2c1.c1ccc2[n-]cnc2c1. The largest absolute Gasteiger partial charge is 2.00 e. The Morgan fingerprint density at radius 2 is 1.05 bits per heavy atom. The number of para-hydroxylation sites is 4. The minimum Gasteiger partial charge on any atom is -0.443 e. The Balaban J connectivity index is 0.000000133. The van der Waals surface area contributed by atoms with Crippen molar-refractivity contribution in [2.24, 2.45) is 0 Å². The minimum absolute atomic E-state index is 0. The van der Waals surface area contributed by atoms with E-state index < -0.39 is 0 Å². The number of hydrogen-bond donors (Lipinski definition) is 0. The van der Waals surface area contributed by atoms with Gasteiger partial charge in [0, 0.05) is 0 Å². The van der Waals surface area contributed by atoms with Gasteiger partial charge in [-0.25, -0.2) is 0 Å². The van der Waals surface area contributed by atoms with Crippen molar-refractivity contribution in [1.82, 2.24) is 19.9 Å². The van der Waals surface area contributed by atoms with Crippen LogP contribution in [0.15, 0.2) is 61.2 Å². The smallest absolute Gasteiger partial charge is 0.443 e. The standard InChI is InChI=1S/2C7H5N2.Zn/c2*1-2-4-7-6(3-1)8-5-9-7;/h2*1-5H;/q2*-1;+2. The van der Waals surface area contributed by atoms with Gasteiger partial charge in [-0.1, -0.05) is 61.2 Å². The first-order valence-electron chi connectivity index (χ1n) is 5.58. The normalized spacial score (nSPS) is 9.68. The van der Waals surface area contributed by atoms with E-state index in [-0.39, 0.29) is 19.5 Å². The number of fused-ring (bicyclic) bond motifs is 2. The second-order valence-electron chi connectivity index (χ2n) is 3.72. The zero-order valence-corrected chi connectivity index (χ0v) is 13.2. The van der Waals surface area contributed by atoms with Crippen LogP contribution in [-0.2, 0) is 19.5 Å². The van der Waals surface area contributed by atoms with Crippen molar-refractivity contribution in [2.45, 2.75) is 0 Å². The van der Waals surface area contributed by atoms with Crippen molar-refractivity contribution in [2.75, 3.05) is 0 Å². The fourth-order valence-corrected chi connectivity index (χ4v) is 1.67. The third-order valence-electron chi connectivity index (χ3n) is 2.55. The van der Waals surface area contributed by atoms with Crippen LogP contribution in [-0.4, -0.2) is 9.97 Å². The van der Waals surface area contributed by atoms with Crippen molar-refractivity contribution < 1.29 is 19.5 Å². The Hall–Kier alpha value is -2.00. The molecule has 4 nitrogen and oxygen atoms in total. The summed E-state index contributed by atoms with van der Waals surface area (Å²) >= 11 is 0. The summed E-state index contributed by atoms with van der Waals surface area (Å²) in [6, 6.07) is 15.6. The molecule has 0 radical (unpaired) electrons. The van der Waals surface area contributed by atoms with Gasteiger partial charge >= 0.3 is 19.5 Å². The van der Waals surface area contributed by atoms with Crippen LogP contribution in [0.2, 0.25) is 0 Å². The quantitative estimate of drug-likeness (QED) is 0.468. The molecule has 0 atom stereocenters. The van der Waals surface area contributed by atoms with Gasteiger partial charge in [0.2, 0.25) is 0 Å². The average Bonchev–Trinajstić information content (AvgIpc) is 3.08. The summed E-state index contributed by atoms with van der Waals surface area (Å²) in [4.78, 5) is 16.0. The molecule has 0 spiro atoms. The Morgan fingerprint density at radius 3 is 1.47 bits per heavy atom. The van der Waals surface area contributed by atoms with Gasteiger partial charge in [-0.2, -0.15) is 0 Å². The molecule has 2 aromatic heterocycles. The topological polar surface area (TPSA) is 54.0 Å². The van der Waals surface area contributed by atoms with E-state index in [2.05, 4.69) is 19.9 Å². The summed E-state index contributed by atoms with van der Waals surface area (Å²) in [6.45, 7) is 0. The van der Waals surface area contributed by atoms with E-state index in [4.69, 9.17) is 0 Å². The van der Waals surface area contributed by atoms with E-state index in [9.17, 15) is 0 Å². The second-order valence-corrected chi connectivity index (χ2v) is 3.72. The molecule has 0 amide bonds. The third kappa shape index (κ3) is 3.06. The van der Waals surface area contributed by atoms with Crippen molar-refractivity contribution in [3.63, 3.8) is 0 Å². The number of aromatic nitrogens is 4. The van der Waals surface area contributed by atoms with Crippen LogP contribution in [0.25, 0.3) is 22.1 Å². The first kappa shape index (κ1) is 13.4. The van der Waals surface area contributed by atoms with Crippen molar-refractivity contribution in [3.8, 4) is 0 Å². The minimum atomic E-state index is 0. The van der Waals surface area contributed by atoms with Gasteiger partial charge in [-0.3, -0.25) is 0 Å². The molecule has 19 heavy (non-hydrogen) atoms. The van der Waals surface area contributed by atoms with Crippen LogP contribution in [0, 0.1) is 0 Å². The van der Waals surface area contributed by atoms with Crippen molar-refractivity contribution >= 4 is 22.1 Å². The number of hydrogen-bond acceptors (Lipinski definition) is 2. The van der Waals surface area contributed by atoms with Crippen molar-refractivity contribution in [3.05, 3.63) is 61.2 Å². The van der Waals surface area contributed by atoms with Crippen LogP contribution >= 0.6 is 0 Å². The monoisotopic (exact) mass is 298 g/mol. The van der Waals surface area contributed by atoms with Crippen LogP contribution in [0.5, 0.6) is 0 Å². The summed E-state index contributed by atoms with van der Waals surface area (Å²) in [5, 5.41) is 0. The van der Waals surface area contributed by atoms with Gasteiger partial charge in [0.1, 0.15) is 0 Å². The summed E-state index contributed by atoms with van der Waals surface area (Å²) in [5.74, 6) is 0. The molecule has 0 saturated carbocycles. The van der Waals surface area contributed by atoms with E-state index in [0.717, 1.165) is 22.1 Å². The van der Waals surface area contributed by atoms with E-state index in [0.29, 0.717) is 0 Å². The zero-order valence-electron chi connectivity index (χ0n) is 10.3. The molecule has 4 aromatic rings. The van der Waals surface area contributed by atoms with Gasteiger partial charge < -0.3 is 19.9 Å². The summed E-state index contributed by atoms with van der Waals surface area (Å²) in [7, 11) is 0. The molecule has 0 aliphatic heterocycles. The number of nitrogens with zero attached hydrogens (tertiary/aromatic N) is 4. The molecular formula is C14H10N4Zn. The van der Waals surface area contributed by atoms with Gasteiger partial charge in [0.15, 0.2) is 0 Å². The molecule has 2 heterocycles. The van der Waals surface area contributed by atoms with Gasteiger partial charge in [0.25, 0.3) is 0 Å². The van der Waals surface area contributed by atoms with Crippen LogP contribution in [0.3, 0.4) is 0 Å². The predicted octanol–water partition coefficient (Wildman–Crippen LogP) is 2.38. The maximum absolute atomic E-state index is 4.01. The maximum Gasteiger partial charge on any atom is 2.00 e. The molecular weight excluding hydrogens is 290 g/mol. The number of rotatable bonds is 0. The van der Waals surface area contributed by atoms with Crippen LogP contribution in [0.4, 0.5) is 0 Å². The predicted molar refractivity (Wildman–Crippen MR) is 70.1 cm³/mol. The molecule has 0 unspecified atom stereocenters. The molecule has 0 fully saturated rings. The van der Waals surface area contributed by atoms with Gasteiger partial charge in [-0.05, 0) is 22.1 Å². The first-order chi connectivity index (χ1) is 8.93. The number of benzene rings is 2. The van der Waals surface area contributed by atoms with Crippen LogP contribution < -0.4 is 9.97 Å². The maximum atomic E-state index is 4.01. The van der Waals surface area contributed by atoms with E-state index >= 15 is 0 Å². The number of imidazole rings is 2. The molecule has 2 aromatic carbocycles. The first-order valence-corrected chi connectivity index (χ1v) is 5.58. The molecule has 0 aliphatic rings. The molecule has 5 heteroatoms. The Bertz CT molecular complexity index is 633. The molecule has 88 valence electrons.